The Morgan fingerprint density at radius 1 is 1.18 bits per heavy atom. The first-order valence-electron chi connectivity index (χ1n) is 5.18. The molecule has 0 heterocycles. The fraction of sp³-hybridized carbons (Fsp3) is 1.00. The standard InChI is InChI=1S/C8H17FNO4S2.CH4/c1-2-3-4-5-6-7-8-14-15(11)10-16(9,12)13;/h2-8H2,1H3;1H4/q-1;. The molecule has 0 radical (unpaired) electrons. The van der Waals surface area contributed by atoms with Crippen molar-refractivity contribution in [1.82, 2.24) is 0 Å². The van der Waals surface area contributed by atoms with Crippen molar-refractivity contribution in [3.05, 3.63) is 0 Å². The van der Waals surface area contributed by atoms with Gasteiger partial charge >= 0.3 is 10.4 Å². The summed E-state index contributed by atoms with van der Waals surface area (Å²) in [5, 5.41) is 0. The van der Waals surface area contributed by atoms with Crippen LogP contribution in [0.1, 0.15) is 52.9 Å². The average Bonchev–Trinajstić information content (AvgIpc) is 2.13. The minimum atomic E-state index is -5.08. The van der Waals surface area contributed by atoms with Gasteiger partial charge in [0.15, 0.2) is 0 Å². The molecule has 0 N–H and O–H groups in total. The highest BCUT2D eigenvalue weighted by molar-refractivity contribution is 7.91. The zero-order valence-corrected chi connectivity index (χ0v) is 10.9. The van der Waals surface area contributed by atoms with Crippen molar-refractivity contribution >= 4 is 21.3 Å². The molecule has 0 fully saturated rings. The Balaban J connectivity index is 0. The third kappa shape index (κ3) is 15.8. The van der Waals surface area contributed by atoms with E-state index in [0.29, 0.717) is 6.42 Å². The van der Waals surface area contributed by atoms with Gasteiger partial charge in [-0.25, -0.2) is 3.77 Å². The molecule has 0 rings (SSSR count). The monoisotopic (exact) mass is 290 g/mol. The van der Waals surface area contributed by atoms with Crippen LogP contribution in [-0.2, 0) is 29.7 Å². The van der Waals surface area contributed by atoms with Crippen LogP contribution in [0.25, 0.3) is 0 Å². The van der Waals surface area contributed by atoms with E-state index in [4.69, 9.17) is 0 Å². The van der Waals surface area contributed by atoms with E-state index >= 15 is 0 Å². The summed E-state index contributed by atoms with van der Waals surface area (Å²) in [4.78, 5) is 0. The molecule has 0 amide bonds. The molecule has 8 heteroatoms. The van der Waals surface area contributed by atoms with Crippen molar-refractivity contribution in [3.63, 3.8) is 0 Å². The van der Waals surface area contributed by atoms with Crippen LogP contribution in [0.4, 0.5) is 3.89 Å². The van der Waals surface area contributed by atoms with Crippen LogP contribution in [0.3, 0.4) is 0 Å². The van der Waals surface area contributed by atoms with Crippen LogP contribution >= 0.6 is 0 Å². The van der Waals surface area contributed by atoms with Gasteiger partial charge in [0.25, 0.3) is 0 Å². The molecule has 0 bridgehead atoms. The molecular weight excluding hydrogens is 269 g/mol. The summed E-state index contributed by atoms with van der Waals surface area (Å²) >= 11 is 0. The van der Waals surface area contributed by atoms with Crippen molar-refractivity contribution < 1.29 is 20.7 Å². The topological polar surface area (TPSA) is 72.8 Å². The summed E-state index contributed by atoms with van der Waals surface area (Å²) in [6.07, 6.45) is 6.12. The highest BCUT2D eigenvalue weighted by Crippen LogP contribution is 2.05. The first-order valence-corrected chi connectivity index (χ1v) is 7.55. The Bertz CT molecular complexity index is 350. The molecule has 17 heavy (non-hydrogen) atoms. The van der Waals surface area contributed by atoms with Crippen LogP contribution in [0.15, 0.2) is 3.77 Å². The van der Waals surface area contributed by atoms with E-state index in [1.807, 2.05) is 0 Å². The van der Waals surface area contributed by atoms with Crippen molar-refractivity contribution in [2.75, 3.05) is 6.61 Å². The third-order valence-corrected chi connectivity index (χ3v) is 3.40. The zero-order chi connectivity index (χ0) is 12.4. The maximum Gasteiger partial charge on any atom is 0.397 e. The second-order valence-corrected chi connectivity index (χ2v) is 5.38. The van der Waals surface area contributed by atoms with Gasteiger partial charge in [0, 0.05) is 6.61 Å². The van der Waals surface area contributed by atoms with Gasteiger partial charge in [-0.2, -0.15) is 8.42 Å². The van der Waals surface area contributed by atoms with E-state index in [-0.39, 0.29) is 14.0 Å². The Morgan fingerprint density at radius 2 is 1.71 bits per heavy atom. The minimum Gasteiger partial charge on any atom is -0.438 e. The molecule has 0 unspecified atom stereocenters. The van der Waals surface area contributed by atoms with E-state index in [1.165, 1.54) is 6.42 Å². The molecule has 0 aliphatic rings. The maximum atomic E-state index is 11.9. The molecule has 0 atom stereocenters. The van der Waals surface area contributed by atoms with Gasteiger partial charge in [-0.15, -0.1) is 0 Å². The van der Waals surface area contributed by atoms with E-state index in [1.54, 1.807) is 0 Å². The molecular formula is C9H21FNO4S2-. The number of hydrogen-bond donors (Lipinski definition) is 0. The van der Waals surface area contributed by atoms with Gasteiger partial charge < -0.3 is 8.39 Å². The minimum absolute atomic E-state index is 0. The third-order valence-electron chi connectivity index (χ3n) is 1.83. The summed E-state index contributed by atoms with van der Waals surface area (Å²) < 4.78 is 49.3. The summed E-state index contributed by atoms with van der Waals surface area (Å²) in [6, 6.07) is 0. The number of unbranched alkanes of at least 4 members (excludes halogenated alkanes) is 5. The number of halogens is 1. The lowest BCUT2D eigenvalue weighted by atomic mass is 10.1. The van der Waals surface area contributed by atoms with Crippen LogP contribution in [-0.4, -0.2) is 15.0 Å². The Hall–Kier alpha value is -0.210. The molecule has 0 saturated carbocycles. The first kappa shape index (κ1) is 19.1. The van der Waals surface area contributed by atoms with Gasteiger partial charge in [0.2, 0.25) is 0 Å². The Kier molecular flexibility index (Phi) is 12.3. The van der Waals surface area contributed by atoms with E-state index in [2.05, 4.69) is 14.9 Å². The molecule has 106 valence electrons. The van der Waals surface area contributed by atoms with Gasteiger partial charge in [-0.3, -0.25) is 0 Å². The van der Waals surface area contributed by atoms with Crippen LogP contribution in [0.5, 0.6) is 0 Å². The number of rotatable bonds is 9. The quantitative estimate of drug-likeness (QED) is 0.371. The van der Waals surface area contributed by atoms with E-state index in [9.17, 15) is 16.5 Å². The predicted octanol–water partition coefficient (Wildman–Crippen LogP) is 3.28. The molecule has 0 aromatic carbocycles. The van der Waals surface area contributed by atoms with Crippen molar-refractivity contribution in [3.8, 4) is 0 Å². The lowest BCUT2D eigenvalue weighted by Gasteiger charge is -2.05. The summed E-state index contributed by atoms with van der Waals surface area (Å²) in [5.74, 6) is 0. The van der Waals surface area contributed by atoms with Gasteiger partial charge in [-0.05, 0) is 17.3 Å². The van der Waals surface area contributed by atoms with Crippen LogP contribution < -0.4 is 0 Å². The summed E-state index contributed by atoms with van der Waals surface area (Å²) in [7, 11) is -7.51. The molecule has 5 nitrogen and oxygen atoms in total. The van der Waals surface area contributed by atoms with Gasteiger partial charge in [-0.1, -0.05) is 50.3 Å². The molecule has 0 aromatic heterocycles. The molecule has 0 aromatic rings. The summed E-state index contributed by atoms with van der Waals surface area (Å²) in [6.45, 7) is 2.24. The highest BCUT2D eigenvalue weighted by Gasteiger charge is 1.95. The second-order valence-electron chi connectivity index (χ2n) is 3.29. The molecule has 0 aliphatic carbocycles. The van der Waals surface area contributed by atoms with Crippen LogP contribution in [0.2, 0.25) is 0 Å². The smallest absolute Gasteiger partial charge is 0.397 e. The van der Waals surface area contributed by atoms with Gasteiger partial charge in [0.1, 0.15) is 0 Å². The van der Waals surface area contributed by atoms with Crippen molar-refractivity contribution in [1.29, 1.82) is 0 Å². The Labute approximate surface area is 106 Å². The molecule has 0 aliphatic heterocycles. The Morgan fingerprint density at radius 3 is 2.24 bits per heavy atom. The largest absolute Gasteiger partial charge is 0.438 e. The van der Waals surface area contributed by atoms with E-state index < -0.39 is 21.3 Å². The fourth-order valence-electron chi connectivity index (χ4n) is 1.11. The number of hydrogen-bond acceptors (Lipinski definition) is 5. The summed E-state index contributed by atoms with van der Waals surface area (Å²) in [5.41, 5.74) is 0. The van der Waals surface area contributed by atoms with Gasteiger partial charge in [0.05, 0.1) is 0 Å². The fourth-order valence-corrected chi connectivity index (χ4v) is 2.12. The lowest BCUT2D eigenvalue weighted by Crippen LogP contribution is -1.94. The van der Waals surface area contributed by atoms with Crippen molar-refractivity contribution in [2.24, 2.45) is 3.77 Å². The van der Waals surface area contributed by atoms with Crippen molar-refractivity contribution in [2.45, 2.75) is 52.9 Å². The SMILES string of the molecule is C.CCCCCCCCO[S-](=O)=NS(=O)(=O)F. The highest BCUT2D eigenvalue weighted by atomic mass is 32.3. The molecule has 0 saturated heterocycles. The lowest BCUT2D eigenvalue weighted by molar-refractivity contribution is 0.331. The average molecular weight is 290 g/mol. The van der Waals surface area contributed by atoms with Crippen LogP contribution in [0, 0.1) is 0 Å². The number of nitrogens with zero attached hydrogens (tertiary/aromatic N) is 1. The second kappa shape index (κ2) is 10.9. The predicted molar refractivity (Wildman–Crippen MR) is 66.6 cm³/mol. The van der Waals surface area contributed by atoms with E-state index in [0.717, 1.165) is 25.7 Å². The maximum absolute atomic E-state index is 11.9. The zero-order valence-electron chi connectivity index (χ0n) is 9.22. The molecule has 0 spiro atoms. The first-order chi connectivity index (χ1) is 7.45. The normalized spacial score (nSPS) is 13.3.